The predicted octanol–water partition coefficient (Wildman–Crippen LogP) is 2.46. The molecular formula is C15H21NO3. The summed E-state index contributed by atoms with van der Waals surface area (Å²) in [7, 11) is 0. The molecule has 4 nitrogen and oxygen atoms in total. The Morgan fingerprint density at radius 3 is 2.53 bits per heavy atom. The SMILES string of the molecule is CC(C)(O)C1(CNC(=O)OCc2ccccc2)CC1. The number of nitrogens with one attached hydrogen (secondary N) is 1. The number of ether oxygens (including phenoxy) is 1. The highest BCUT2D eigenvalue weighted by Crippen LogP contribution is 2.53. The topological polar surface area (TPSA) is 58.6 Å². The standard InChI is InChI=1S/C15H21NO3/c1-14(2,18)15(8-9-15)11-16-13(17)19-10-12-6-4-3-5-7-12/h3-7,18H,8-11H2,1-2H3,(H,16,17). The summed E-state index contributed by atoms with van der Waals surface area (Å²) in [6.45, 7) is 4.31. The fourth-order valence-corrected chi connectivity index (χ4v) is 2.17. The van der Waals surface area contributed by atoms with Crippen molar-refractivity contribution in [1.82, 2.24) is 5.32 Å². The van der Waals surface area contributed by atoms with E-state index in [1.54, 1.807) is 13.8 Å². The summed E-state index contributed by atoms with van der Waals surface area (Å²) in [5.74, 6) is 0. The third-order valence-electron chi connectivity index (χ3n) is 3.94. The fraction of sp³-hybridized carbons (Fsp3) is 0.533. The van der Waals surface area contributed by atoms with Crippen molar-refractivity contribution < 1.29 is 14.6 Å². The molecule has 0 aromatic heterocycles. The Morgan fingerprint density at radius 2 is 2.00 bits per heavy atom. The van der Waals surface area contributed by atoms with E-state index in [1.165, 1.54) is 0 Å². The molecule has 0 aliphatic heterocycles. The van der Waals surface area contributed by atoms with E-state index in [0.717, 1.165) is 18.4 Å². The number of hydrogen-bond donors (Lipinski definition) is 2. The Hall–Kier alpha value is -1.55. The number of rotatable bonds is 5. The van der Waals surface area contributed by atoms with Gasteiger partial charge in [0.2, 0.25) is 0 Å². The van der Waals surface area contributed by atoms with Gasteiger partial charge in [-0.3, -0.25) is 0 Å². The lowest BCUT2D eigenvalue weighted by Gasteiger charge is -2.29. The summed E-state index contributed by atoms with van der Waals surface area (Å²) in [4.78, 5) is 11.6. The van der Waals surface area contributed by atoms with Crippen molar-refractivity contribution in [2.75, 3.05) is 6.54 Å². The van der Waals surface area contributed by atoms with Gasteiger partial charge in [-0.05, 0) is 32.3 Å². The van der Waals surface area contributed by atoms with E-state index in [2.05, 4.69) is 5.32 Å². The van der Waals surface area contributed by atoms with Gasteiger partial charge in [-0.2, -0.15) is 0 Å². The minimum atomic E-state index is -0.764. The van der Waals surface area contributed by atoms with E-state index < -0.39 is 11.7 Å². The van der Waals surface area contributed by atoms with Crippen LogP contribution in [0.25, 0.3) is 0 Å². The lowest BCUT2D eigenvalue weighted by molar-refractivity contribution is 0.00243. The number of benzene rings is 1. The molecule has 0 spiro atoms. The molecule has 4 heteroatoms. The fourth-order valence-electron chi connectivity index (χ4n) is 2.17. The van der Waals surface area contributed by atoms with Crippen molar-refractivity contribution >= 4 is 6.09 Å². The summed E-state index contributed by atoms with van der Waals surface area (Å²) >= 11 is 0. The third kappa shape index (κ3) is 3.47. The van der Waals surface area contributed by atoms with Crippen LogP contribution in [-0.4, -0.2) is 23.3 Å². The lowest BCUT2D eigenvalue weighted by Crippen LogP contribution is -2.42. The summed E-state index contributed by atoms with van der Waals surface area (Å²) in [5, 5.41) is 12.8. The lowest BCUT2D eigenvalue weighted by atomic mass is 9.87. The molecule has 1 aliphatic rings. The molecule has 0 bridgehead atoms. The molecule has 1 aliphatic carbocycles. The second kappa shape index (κ2) is 5.21. The molecule has 104 valence electrons. The molecule has 0 radical (unpaired) electrons. The van der Waals surface area contributed by atoms with Crippen molar-refractivity contribution in [1.29, 1.82) is 0 Å². The van der Waals surface area contributed by atoms with Crippen LogP contribution in [0.3, 0.4) is 0 Å². The van der Waals surface area contributed by atoms with Gasteiger partial charge in [0.15, 0.2) is 0 Å². The number of carbonyl (C=O) groups excluding carboxylic acids is 1. The molecule has 1 aromatic carbocycles. The molecule has 0 unspecified atom stereocenters. The molecule has 0 heterocycles. The summed E-state index contributed by atoms with van der Waals surface area (Å²) in [6, 6.07) is 9.55. The van der Waals surface area contributed by atoms with Crippen molar-refractivity contribution in [3.8, 4) is 0 Å². The van der Waals surface area contributed by atoms with Gasteiger partial charge in [0, 0.05) is 12.0 Å². The highest BCUT2D eigenvalue weighted by Gasteiger charge is 2.53. The molecule has 1 aromatic rings. The Morgan fingerprint density at radius 1 is 1.37 bits per heavy atom. The highest BCUT2D eigenvalue weighted by molar-refractivity contribution is 5.67. The summed E-state index contributed by atoms with van der Waals surface area (Å²) < 4.78 is 5.13. The number of amides is 1. The Balaban J connectivity index is 1.74. The second-order valence-corrected chi connectivity index (χ2v) is 5.75. The predicted molar refractivity (Wildman–Crippen MR) is 72.6 cm³/mol. The highest BCUT2D eigenvalue weighted by atomic mass is 16.5. The van der Waals surface area contributed by atoms with Crippen LogP contribution in [-0.2, 0) is 11.3 Å². The molecule has 1 fully saturated rings. The summed E-state index contributed by atoms with van der Waals surface area (Å²) in [6.07, 6.45) is 1.45. The molecular weight excluding hydrogens is 242 g/mol. The van der Waals surface area contributed by atoms with E-state index in [-0.39, 0.29) is 12.0 Å². The van der Waals surface area contributed by atoms with E-state index in [4.69, 9.17) is 4.74 Å². The smallest absolute Gasteiger partial charge is 0.407 e. The van der Waals surface area contributed by atoms with Gasteiger partial charge in [0.25, 0.3) is 0 Å². The van der Waals surface area contributed by atoms with Crippen LogP contribution >= 0.6 is 0 Å². The molecule has 0 atom stereocenters. The van der Waals surface area contributed by atoms with Crippen molar-refractivity contribution in [2.45, 2.75) is 38.9 Å². The van der Waals surface area contributed by atoms with Gasteiger partial charge in [-0.15, -0.1) is 0 Å². The van der Waals surface area contributed by atoms with Gasteiger partial charge >= 0.3 is 6.09 Å². The zero-order valence-electron chi connectivity index (χ0n) is 11.5. The first-order valence-corrected chi connectivity index (χ1v) is 6.60. The van der Waals surface area contributed by atoms with E-state index in [9.17, 15) is 9.90 Å². The first-order valence-electron chi connectivity index (χ1n) is 6.60. The van der Waals surface area contributed by atoms with Crippen molar-refractivity contribution in [3.63, 3.8) is 0 Å². The first kappa shape index (κ1) is 13.9. The van der Waals surface area contributed by atoms with E-state index in [1.807, 2.05) is 30.3 Å². The zero-order valence-corrected chi connectivity index (χ0v) is 11.5. The minimum absolute atomic E-state index is 0.182. The van der Waals surface area contributed by atoms with Gasteiger partial charge in [0.1, 0.15) is 6.61 Å². The molecule has 1 amide bonds. The normalized spacial score (nSPS) is 16.8. The number of carbonyl (C=O) groups is 1. The zero-order chi connectivity index (χ0) is 13.9. The van der Waals surface area contributed by atoms with Crippen molar-refractivity contribution in [2.24, 2.45) is 5.41 Å². The maximum atomic E-state index is 11.6. The monoisotopic (exact) mass is 263 g/mol. The Kier molecular flexibility index (Phi) is 3.80. The van der Waals surface area contributed by atoms with Crippen LogP contribution in [0.5, 0.6) is 0 Å². The summed E-state index contributed by atoms with van der Waals surface area (Å²) in [5.41, 5.74) is 0.0136. The molecule has 2 rings (SSSR count). The molecule has 0 saturated heterocycles. The van der Waals surface area contributed by atoms with Crippen LogP contribution in [0.15, 0.2) is 30.3 Å². The quantitative estimate of drug-likeness (QED) is 0.858. The largest absolute Gasteiger partial charge is 0.445 e. The molecule has 2 N–H and O–H groups in total. The van der Waals surface area contributed by atoms with Gasteiger partial charge in [-0.1, -0.05) is 30.3 Å². The number of hydrogen-bond acceptors (Lipinski definition) is 3. The van der Waals surface area contributed by atoms with Gasteiger partial charge < -0.3 is 15.2 Å². The third-order valence-corrected chi connectivity index (χ3v) is 3.94. The number of aliphatic hydroxyl groups is 1. The van der Waals surface area contributed by atoms with Crippen LogP contribution < -0.4 is 5.32 Å². The Bertz CT molecular complexity index is 432. The van der Waals surface area contributed by atoms with Crippen LogP contribution in [0, 0.1) is 5.41 Å². The van der Waals surface area contributed by atoms with Gasteiger partial charge in [-0.25, -0.2) is 4.79 Å². The second-order valence-electron chi connectivity index (χ2n) is 5.75. The van der Waals surface area contributed by atoms with Crippen LogP contribution in [0.1, 0.15) is 32.3 Å². The van der Waals surface area contributed by atoms with E-state index >= 15 is 0 Å². The van der Waals surface area contributed by atoms with Crippen molar-refractivity contribution in [3.05, 3.63) is 35.9 Å². The maximum absolute atomic E-state index is 11.6. The Labute approximate surface area is 113 Å². The van der Waals surface area contributed by atoms with Crippen LogP contribution in [0.2, 0.25) is 0 Å². The average Bonchev–Trinajstić information content (AvgIpc) is 3.16. The van der Waals surface area contributed by atoms with Gasteiger partial charge in [0.05, 0.1) is 5.60 Å². The molecule has 1 saturated carbocycles. The van der Waals surface area contributed by atoms with Crippen LogP contribution in [0.4, 0.5) is 4.79 Å². The average molecular weight is 263 g/mol. The first-order chi connectivity index (χ1) is 8.93. The van der Waals surface area contributed by atoms with E-state index in [0.29, 0.717) is 6.54 Å². The molecule has 19 heavy (non-hydrogen) atoms. The number of alkyl carbamates (subject to hydrolysis) is 1. The maximum Gasteiger partial charge on any atom is 0.407 e. The minimum Gasteiger partial charge on any atom is -0.445 e.